The van der Waals surface area contributed by atoms with Gasteiger partial charge >= 0.3 is 0 Å². The molecule has 3 nitrogen and oxygen atoms in total. The highest BCUT2D eigenvalue weighted by molar-refractivity contribution is 5.91. The van der Waals surface area contributed by atoms with Gasteiger partial charge in [0.2, 0.25) is 5.91 Å². The Morgan fingerprint density at radius 3 is 2.62 bits per heavy atom. The van der Waals surface area contributed by atoms with Gasteiger partial charge in [0, 0.05) is 12.1 Å². The summed E-state index contributed by atoms with van der Waals surface area (Å²) >= 11 is 0. The fraction of sp³-hybridized carbons (Fsp3) is 0.176. The SMILES string of the molecule is Cc1ccc(F)cc1NC(=O)CCc1ccc(C#N)cc1. The van der Waals surface area contributed by atoms with E-state index in [1.807, 2.05) is 25.1 Å². The van der Waals surface area contributed by atoms with Crippen molar-refractivity contribution in [3.05, 3.63) is 65.0 Å². The first kappa shape index (κ1) is 14.7. The van der Waals surface area contributed by atoms with E-state index in [2.05, 4.69) is 5.32 Å². The van der Waals surface area contributed by atoms with Crippen molar-refractivity contribution >= 4 is 11.6 Å². The van der Waals surface area contributed by atoms with Crippen LogP contribution < -0.4 is 5.32 Å². The molecule has 0 fully saturated rings. The maximum Gasteiger partial charge on any atom is 0.224 e. The second-order valence-electron chi connectivity index (χ2n) is 4.82. The van der Waals surface area contributed by atoms with Gasteiger partial charge in [-0.05, 0) is 48.7 Å². The molecule has 21 heavy (non-hydrogen) atoms. The molecule has 2 aromatic rings. The molecule has 0 aliphatic rings. The number of amides is 1. The maximum atomic E-state index is 13.1. The van der Waals surface area contributed by atoms with Gasteiger partial charge in [0.25, 0.3) is 0 Å². The van der Waals surface area contributed by atoms with E-state index in [1.54, 1.807) is 18.2 Å². The summed E-state index contributed by atoms with van der Waals surface area (Å²) in [6.07, 6.45) is 0.883. The molecule has 0 saturated carbocycles. The predicted octanol–water partition coefficient (Wildman–Crippen LogP) is 3.58. The summed E-state index contributed by atoms with van der Waals surface area (Å²) in [7, 11) is 0. The van der Waals surface area contributed by atoms with Crippen molar-refractivity contribution in [1.29, 1.82) is 5.26 Å². The Labute approximate surface area is 123 Å². The zero-order valence-electron chi connectivity index (χ0n) is 11.7. The molecule has 0 heterocycles. The molecular weight excluding hydrogens is 267 g/mol. The number of nitrogens with one attached hydrogen (secondary N) is 1. The summed E-state index contributed by atoms with van der Waals surface area (Å²) in [5.41, 5.74) is 2.90. The number of benzene rings is 2. The lowest BCUT2D eigenvalue weighted by molar-refractivity contribution is -0.116. The minimum absolute atomic E-state index is 0.159. The Hall–Kier alpha value is -2.67. The van der Waals surface area contributed by atoms with E-state index >= 15 is 0 Å². The fourth-order valence-electron chi connectivity index (χ4n) is 1.95. The van der Waals surface area contributed by atoms with Crippen molar-refractivity contribution in [2.24, 2.45) is 0 Å². The summed E-state index contributed by atoms with van der Waals surface area (Å²) < 4.78 is 13.1. The highest BCUT2D eigenvalue weighted by Gasteiger charge is 2.06. The Morgan fingerprint density at radius 1 is 1.24 bits per heavy atom. The molecule has 2 aromatic carbocycles. The smallest absolute Gasteiger partial charge is 0.224 e. The minimum atomic E-state index is -0.372. The van der Waals surface area contributed by atoms with Crippen LogP contribution in [0.2, 0.25) is 0 Å². The Balaban J connectivity index is 1.92. The van der Waals surface area contributed by atoms with Crippen LogP contribution in [0.4, 0.5) is 10.1 Å². The van der Waals surface area contributed by atoms with Crippen molar-refractivity contribution in [3.8, 4) is 6.07 Å². The number of halogens is 1. The third-order valence-corrected chi connectivity index (χ3v) is 3.20. The van der Waals surface area contributed by atoms with Gasteiger partial charge in [-0.3, -0.25) is 4.79 Å². The van der Waals surface area contributed by atoms with E-state index in [4.69, 9.17) is 5.26 Å². The van der Waals surface area contributed by atoms with Crippen molar-refractivity contribution in [3.63, 3.8) is 0 Å². The highest BCUT2D eigenvalue weighted by Crippen LogP contribution is 2.16. The number of anilines is 1. The summed E-state index contributed by atoms with van der Waals surface area (Å²) in [5.74, 6) is -0.531. The zero-order valence-corrected chi connectivity index (χ0v) is 11.7. The molecule has 0 unspecified atom stereocenters. The Kier molecular flexibility index (Phi) is 4.68. The molecule has 2 rings (SSSR count). The molecular formula is C17H15FN2O. The standard InChI is InChI=1S/C17H15FN2O/c1-12-2-8-15(18)10-16(12)20-17(21)9-7-13-3-5-14(11-19)6-4-13/h2-6,8,10H,7,9H2,1H3,(H,20,21). The first-order valence-corrected chi connectivity index (χ1v) is 6.63. The van der Waals surface area contributed by atoms with Crippen LogP contribution in [0, 0.1) is 24.1 Å². The average molecular weight is 282 g/mol. The zero-order chi connectivity index (χ0) is 15.2. The van der Waals surface area contributed by atoms with Gasteiger partial charge in [-0.25, -0.2) is 4.39 Å². The summed E-state index contributed by atoms with van der Waals surface area (Å²) in [5, 5.41) is 11.4. The molecule has 0 atom stereocenters. The van der Waals surface area contributed by atoms with Crippen LogP contribution in [0.15, 0.2) is 42.5 Å². The van der Waals surface area contributed by atoms with Gasteiger partial charge < -0.3 is 5.32 Å². The fourth-order valence-corrected chi connectivity index (χ4v) is 1.95. The van der Waals surface area contributed by atoms with Crippen LogP contribution in [-0.2, 0) is 11.2 Å². The van der Waals surface area contributed by atoms with Gasteiger partial charge in [0.05, 0.1) is 11.6 Å². The number of aryl methyl sites for hydroxylation is 2. The molecule has 0 aliphatic carbocycles. The van der Waals surface area contributed by atoms with Gasteiger partial charge in [0.15, 0.2) is 0 Å². The molecule has 0 radical (unpaired) electrons. The van der Waals surface area contributed by atoms with E-state index < -0.39 is 0 Å². The van der Waals surface area contributed by atoms with E-state index in [0.717, 1.165) is 11.1 Å². The van der Waals surface area contributed by atoms with Gasteiger partial charge in [-0.1, -0.05) is 18.2 Å². The molecule has 0 aromatic heterocycles. The summed E-state index contributed by atoms with van der Waals surface area (Å²) in [4.78, 5) is 11.9. The van der Waals surface area contributed by atoms with Crippen LogP contribution >= 0.6 is 0 Å². The van der Waals surface area contributed by atoms with Gasteiger partial charge in [0.1, 0.15) is 5.82 Å². The van der Waals surface area contributed by atoms with E-state index in [1.165, 1.54) is 12.1 Å². The third-order valence-electron chi connectivity index (χ3n) is 3.20. The lowest BCUT2D eigenvalue weighted by atomic mass is 10.1. The van der Waals surface area contributed by atoms with Crippen LogP contribution in [0.5, 0.6) is 0 Å². The van der Waals surface area contributed by atoms with E-state index in [9.17, 15) is 9.18 Å². The van der Waals surface area contributed by atoms with Crippen molar-refractivity contribution in [2.75, 3.05) is 5.32 Å². The van der Waals surface area contributed by atoms with Crippen molar-refractivity contribution in [2.45, 2.75) is 19.8 Å². The summed E-state index contributed by atoms with van der Waals surface area (Å²) in [6, 6.07) is 13.5. The second kappa shape index (κ2) is 6.67. The molecule has 0 bridgehead atoms. The van der Waals surface area contributed by atoms with Crippen LogP contribution in [0.25, 0.3) is 0 Å². The second-order valence-corrected chi connectivity index (χ2v) is 4.82. The Bertz CT molecular complexity index is 687. The number of nitrogens with zero attached hydrogens (tertiary/aromatic N) is 1. The monoisotopic (exact) mass is 282 g/mol. The first-order valence-electron chi connectivity index (χ1n) is 6.63. The topological polar surface area (TPSA) is 52.9 Å². The lowest BCUT2D eigenvalue weighted by Gasteiger charge is -2.08. The lowest BCUT2D eigenvalue weighted by Crippen LogP contribution is -2.13. The molecule has 0 saturated heterocycles. The highest BCUT2D eigenvalue weighted by atomic mass is 19.1. The normalized spacial score (nSPS) is 9.95. The number of carbonyl (C=O) groups is 1. The summed E-state index contributed by atoms with van der Waals surface area (Å²) in [6.45, 7) is 1.82. The molecule has 4 heteroatoms. The molecule has 106 valence electrons. The molecule has 0 spiro atoms. The average Bonchev–Trinajstić information content (AvgIpc) is 2.49. The number of rotatable bonds is 4. The largest absolute Gasteiger partial charge is 0.326 e. The Morgan fingerprint density at radius 2 is 1.95 bits per heavy atom. The minimum Gasteiger partial charge on any atom is -0.326 e. The van der Waals surface area contributed by atoms with E-state index in [-0.39, 0.29) is 11.7 Å². The number of nitriles is 1. The quantitative estimate of drug-likeness (QED) is 0.932. The van der Waals surface area contributed by atoms with E-state index in [0.29, 0.717) is 24.1 Å². The molecule has 0 aliphatic heterocycles. The first-order chi connectivity index (χ1) is 10.1. The van der Waals surface area contributed by atoms with Crippen LogP contribution in [-0.4, -0.2) is 5.91 Å². The predicted molar refractivity (Wildman–Crippen MR) is 79.2 cm³/mol. The maximum absolute atomic E-state index is 13.1. The van der Waals surface area contributed by atoms with Crippen LogP contribution in [0.1, 0.15) is 23.1 Å². The number of hydrogen-bond acceptors (Lipinski definition) is 2. The third kappa shape index (κ3) is 4.15. The van der Waals surface area contributed by atoms with Crippen molar-refractivity contribution < 1.29 is 9.18 Å². The number of carbonyl (C=O) groups excluding carboxylic acids is 1. The molecule has 1 amide bonds. The van der Waals surface area contributed by atoms with Gasteiger partial charge in [-0.2, -0.15) is 5.26 Å². The molecule has 1 N–H and O–H groups in total. The van der Waals surface area contributed by atoms with Crippen molar-refractivity contribution in [1.82, 2.24) is 0 Å². The number of hydrogen-bond donors (Lipinski definition) is 1. The van der Waals surface area contributed by atoms with Gasteiger partial charge in [-0.15, -0.1) is 0 Å². The van der Waals surface area contributed by atoms with Crippen LogP contribution in [0.3, 0.4) is 0 Å².